The van der Waals surface area contributed by atoms with E-state index >= 15 is 0 Å². The Kier molecular flexibility index (Phi) is 9.66. The van der Waals surface area contributed by atoms with Crippen molar-refractivity contribution >= 4 is 41.3 Å². The van der Waals surface area contributed by atoms with Crippen molar-refractivity contribution in [2.24, 2.45) is 4.99 Å². The average molecular weight is 480 g/mol. The highest BCUT2D eigenvalue weighted by Gasteiger charge is 2.22. The molecule has 1 heterocycles. The van der Waals surface area contributed by atoms with Crippen LogP contribution < -0.4 is 5.32 Å². The first-order chi connectivity index (χ1) is 11.5. The molecule has 2 rings (SSSR count). The zero-order valence-electron chi connectivity index (χ0n) is 16.0. The maximum atomic E-state index is 10.5. The number of guanidine groups is 1. The molecule has 0 amide bonds. The molecule has 0 bridgehead atoms. The van der Waals surface area contributed by atoms with Crippen LogP contribution in [0.2, 0.25) is 0 Å². The number of nitrogens with zero attached hydrogens (tertiary/aromatic N) is 3. The number of hydrogen-bond acceptors (Lipinski definition) is 4. The maximum Gasteiger partial charge on any atom is 0.194 e. The fourth-order valence-corrected chi connectivity index (χ4v) is 4.13. The van der Waals surface area contributed by atoms with Crippen molar-refractivity contribution in [3.8, 4) is 0 Å². The minimum atomic E-state index is -0.707. The molecule has 1 aromatic heterocycles. The number of rotatable bonds is 7. The lowest BCUT2D eigenvalue weighted by Gasteiger charge is -2.26. The van der Waals surface area contributed by atoms with Gasteiger partial charge in [0.25, 0.3) is 0 Å². The number of aromatic nitrogens is 1. The lowest BCUT2D eigenvalue weighted by atomic mass is 9.98. The first-order valence-electron chi connectivity index (χ1n) is 9.20. The van der Waals surface area contributed by atoms with E-state index in [-0.39, 0.29) is 24.0 Å². The highest BCUT2D eigenvalue weighted by Crippen LogP contribution is 2.27. The van der Waals surface area contributed by atoms with Crippen molar-refractivity contribution in [1.29, 1.82) is 0 Å². The summed E-state index contributed by atoms with van der Waals surface area (Å²) in [6.45, 7) is 8.10. The smallest absolute Gasteiger partial charge is 0.194 e. The zero-order valence-corrected chi connectivity index (χ0v) is 19.1. The summed E-state index contributed by atoms with van der Waals surface area (Å²) in [6, 6.07) is 0. The highest BCUT2D eigenvalue weighted by molar-refractivity contribution is 14.0. The number of hydrogen-bond donors (Lipinski definition) is 2. The Bertz CT molecular complexity index is 534. The first-order valence-corrected chi connectivity index (χ1v) is 10.0. The van der Waals surface area contributed by atoms with Gasteiger partial charge >= 0.3 is 0 Å². The van der Waals surface area contributed by atoms with E-state index in [9.17, 15) is 5.11 Å². The van der Waals surface area contributed by atoms with E-state index < -0.39 is 5.60 Å². The molecule has 0 radical (unpaired) electrons. The van der Waals surface area contributed by atoms with Crippen molar-refractivity contribution < 1.29 is 5.11 Å². The van der Waals surface area contributed by atoms with E-state index in [0.717, 1.165) is 43.3 Å². The minimum Gasteiger partial charge on any atom is -0.388 e. The van der Waals surface area contributed by atoms with Crippen molar-refractivity contribution in [1.82, 2.24) is 15.2 Å². The van der Waals surface area contributed by atoms with Crippen LogP contribution in [0.25, 0.3) is 0 Å². The van der Waals surface area contributed by atoms with Crippen LogP contribution in [0.15, 0.2) is 4.99 Å². The molecule has 0 spiro atoms. The van der Waals surface area contributed by atoms with Crippen molar-refractivity contribution in [3.05, 3.63) is 15.6 Å². The molecule has 25 heavy (non-hydrogen) atoms. The predicted octanol–water partition coefficient (Wildman–Crippen LogP) is 3.59. The molecule has 0 saturated carbocycles. The van der Waals surface area contributed by atoms with E-state index in [4.69, 9.17) is 4.98 Å². The largest absolute Gasteiger partial charge is 0.388 e. The van der Waals surface area contributed by atoms with Gasteiger partial charge in [-0.25, -0.2) is 4.98 Å². The first kappa shape index (κ1) is 22.6. The van der Waals surface area contributed by atoms with E-state index in [1.165, 1.54) is 29.8 Å². The number of aryl methyl sites for hydroxylation is 2. The Morgan fingerprint density at radius 3 is 2.56 bits per heavy atom. The van der Waals surface area contributed by atoms with Gasteiger partial charge < -0.3 is 15.3 Å². The Hall–Kier alpha value is -0.410. The van der Waals surface area contributed by atoms with Crippen LogP contribution in [-0.4, -0.2) is 46.7 Å². The molecular weight excluding hydrogens is 447 g/mol. The molecule has 0 saturated heterocycles. The predicted molar refractivity (Wildman–Crippen MR) is 117 cm³/mol. The lowest BCUT2D eigenvalue weighted by molar-refractivity contribution is 0.0416. The van der Waals surface area contributed by atoms with Crippen molar-refractivity contribution in [3.63, 3.8) is 0 Å². The summed E-state index contributed by atoms with van der Waals surface area (Å²) in [5, 5.41) is 15.0. The van der Waals surface area contributed by atoms with Crippen molar-refractivity contribution in [2.75, 3.05) is 20.1 Å². The maximum absolute atomic E-state index is 10.5. The molecule has 0 fully saturated rings. The summed E-state index contributed by atoms with van der Waals surface area (Å²) in [6.07, 6.45) is 6.31. The number of halogens is 1. The van der Waals surface area contributed by atoms with Gasteiger partial charge in [0.15, 0.2) is 5.96 Å². The Morgan fingerprint density at radius 2 is 1.96 bits per heavy atom. The number of aliphatic imine (C=N–C) groups is 1. The Labute approximate surface area is 173 Å². The molecule has 7 heteroatoms. The second-order valence-electron chi connectivity index (χ2n) is 6.64. The molecule has 5 nitrogen and oxygen atoms in total. The molecular formula is C18H33IN4OS. The van der Waals surface area contributed by atoms with E-state index in [0.29, 0.717) is 6.54 Å². The number of nitrogens with one attached hydrogen (secondary N) is 1. The van der Waals surface area contributed by atoms with Gasteiger partial charge in [-0.1, -0.05) is 13.8 Å². The normalized spacial score (nSPS) is 14.7. The fraction of sp³-hybridized carbons (Fsp3) is 0.778. The molecule has 2 N–H and O–H groups in total. The van der Waals surface area contributed by atoms with Crippen LogP contribution >= 0.6 is 35.3 Å². The summed E-state index contributed by atoms with van der Waals surface area (Å²) < 4.78 is 0. The number of fused-ring (bicyclic) bond motifs is 1. The van der Waals surface area contributed by atoms with Crippen LogP contribution in [0, 0.1) is 0 Å². The Morgan fingerprint density at radius 1 is 1.28 bits per heavy atom. The quantitative estimate of drug-likeness (QED) is 0.356. The number of thiazole rings is 1. The van der Waals surface area contributed by atoms with Gasteiger partial charge in [0.2, 0.25) is 0 Å². The third-order valence-corrected chi connectivity index (χ3v) is 5.94. The van der Waals surface area contributed by atoms with E-state index in [2.05, 4.69) is 22.1 Å². The Balaban J connectivity index is 0.00000312. The SMILES string of the molecule is CCNC(=NCC(O)(CC)CC)N(C)Cc1nc2c(s1)CCCC2.I. The monoisotopic (exact) mass is 480 g/mol. The number of aliphatic hydroxyl groups is 1. The molecule has 1 aliphatic carbocycles. The van der Waals surface area contributed by atoms with Crippen LogP contribution in [0.3, 0.4) is 0 Å². The molecule has 144 valence electrons. The lowest BCUT2D eigenvalue weighted by Crippen LogP contribution is -2.40. The summed E-state index contributed by atoms with van der Waals surface area (Å²) in [5.41, 5.74) is 0.602. The average Bonchev–Trinajstić information content (AvgIpc) is 3.00. The van der Waals surface area contributed by atoms with Gasteiger partial charge in [-0.15, -0.1) is 35.3 Å². The van der Waals surface area contributed by atoms with Crippen LogP contribution in [0.5, 0.6) is 0 Å². The summed E-state index contributed by atoms with van der Waals surface area (Å²) in [5.74, 6) is 0.839. The van der Waals surface area contributed by atoms with Crippen LogP contribution in [-0.2, 0) is 19.4 Å². The molecule has 0 aromatic carbocycles. The summed E-state index contributed by atoms with van der Waals surface area (Å²) >= 11 is 1.85. The van der Waals surface area contributed by atoms with Gasteiger partial charge in [0, 0.05) is 18.5 Å². The van der Waals surface area contributed by atoms with E-state index in [1.807, 2.05) is 32.2 Å². The van der Waals surface area contributed by atoms with Gasteiger partial charge in [-0.2, -0.15) is 0 Å². The summed E-state index contributed by atoms with van der Waals surface area (Å²) in [4.78, 5) is 13.1. The van der Waals surface area contributed by atoms with E-state index in [1.54, 1.807) is 0 Å². The van der Waals surface area contributed by atoms with Crippen LogP contribution in [0.1, 0.15) is 62.0 Å². The molecule has 1 aliphatic rings. The van der Waals surface area contributed by atoms with Gasteiger partial charge in [-0.3, -0.25) is 4.99 Å². The highest BCUT2D eigenvalue weighted by atomic mass is 127. The van der Waals surface area contributed by atoms with Gasteiger partial charge in [-0.05, 0) is 45.4 Å². The molecule has 0 aliphatic heterocycles. The minimum absolute atomic E-state index is 0. The third-order valence-electron chi connectivity index (χ3n) is 4.80. The summed E-state index contributed by atoms with van der Waals surface area (Å²) in [7, 11) is 2.04. The van der Waals surface area contributed by atoms with Gasteiger partial charge in [0.1, 0.15) is 5.01 Å². The fourth-order valence-electron chi connectivity index (χ4n) is 2.92. The molecule has 0 unspecified atom stereocenters. The molecule has 0 atom stereocenters. The standard InChI is InChI=1S/C18H32N4OS.HI/c1-5-18(23,6-2)13-20-17(19-7-3)22(4)12-16-21-14-10-8-9-11-15(14)24-16;/h23H,5-13H2,1-4H3,(H,19,20);1H. The second kappa shape index (κ2) is 10.7. The topological polar surface area (TPSA) is 60.8 Å². The third kappa shape index (κ3) is 6.36. The van der Waals surface area contributed by atoms with Crippen molar-refractivity contribution in [2.45, 2.75) is 71.4 Å². The second-order valence-corrected chi connectivity index (χ2v) is 7.81. The van der Waals surface area contributed by atoms with Gasteiger partial charge in [0.05, 0.1) is 24.4 Å². The molecule has 1 aromatic rings. The zero-order chi connectivity index (χ0) is 17.6. The van der Waals surface area contributed by atoms with Crippen LogP contribution in [0.4, 0.5) is 0 Å².